The fourth-order valence-corrected chi connectivity index (χ4v) is 2.65. The van der Waals surface area contributed by atoms with Gasteiger partial charge in [-0.05, 0) is 44.6 Å². The van der Waals surface area contributed by atoms with Crippen LogP contribution in [-0.2, 0) is 4.79 Å². The van der Waals surface area contributed by atoms with Crippen LogP contribution in [0.2, 0.25) is 0 Å². The molecule has 0 atom stereocenters. The van der Waals surface area contributed by atoms with Crippen LogP contribution in [0.4, 0.5) is 5.69 Å². The molecule has 1 heterocycles. The minimum atomic E-state index is -0.166. The Morgan fingerprint density at radius 2 is 1.68 bits per heavy atom. The Balaban J connectivity index is 2.82. The summed E-state index contributed by atoms with van der Waals surface area (Å²) in [5, 5.41) is 18.6. The zero-order chi connectivity index (χ0) is 16.3. The summed E-state index contributed by atoms with van der Waals surface area (Å²) in [7, 11) is 0. The van der Waals surface area contributed by atoms with Gasteiger partial charge < -0.3 is 4.90 Å². The van der Waals surface area contributed by atoms with Gasteiger partial charge in [-0.1, -0.05) is 18.2 Å². The second-order valence-electron chi connectivity index (χ2n) is 5.02. The minimum Gasteiger partial charge on any atom is -0.312 e. The van der Waals surface area contributed by atoms with E-state index in [-0.39, 0.29) is 11.4 Å². The SMILES string of the molecule is CC(=O)C1=C(C)C=C(C)N(c2ccccc2)C1=C(C#N)C#N. The molecule has 108 valence electrons. The first-order valence-corrected chi connectivity index (χ1v) is 6.81. The van der Waals surface area contributed by atoms with Crippen LogP contribution in [0.25, 0.3) is 0 Å². The Morgan fingerprint density at radius 1 is 1.09 bits per heavy atom. The maximum absolute atomic E-state index is 12.1. The van der Waals surface area contributed by atoms with Gasteiger partial charge in [0.25, 0.3) is 0 Å². The van der Waals surface area contributed by atoms with Gasteiger partial charge in [0.1, 0.15) is 12.1 Å². The van der Waals surface area contributed by atoms with Crippen molar-refractivity contribution in [2.75, 3.05) is 4.90 Å². The van der Waals surface area contributed by atoms with E-state index in [2.05, 4.69) is 0 Å². The maximum Gasteiger partial charge on any atom is 0.162 e. The summed E-state index contributed by atoms with van der Waals surface area (Å²) in [5.41, 5.74) is 3.12. The van der Waals surface area contributed by atoms with Crippen LogP contribution in [0.5, 0.6) is 0 Å². The summed E-state index contributed by atoms with van der Waals surface area (Å²) >= 11 is 0. The molecule has 0 unspecified atom stereocenters. The normalized spacial score (nSPS) is 14.1. The Hall–Kier alpha value is -3.11. The standard InChI is InChI=1S/C18H15N3O/c1-12-9-13(2)21(16-7-5-4-6-8-16)18(15(10-19)11-20)17(12)14(3)22/h4-9H,1-3H3. The number of Topliss-reactive ketones (excluding diaryl/α,β-unsaturated/α-hetero) is 1. The molecule has 4 heteroatoms. The molecule has 1 aliphatic heterocycles. The van der Waals surface area contributed by atoms with Gasteiger partial charge in [0.15, 0.2) is 11.4 Å². The van der Waals surface area contributed by atoms with Gasteiger partial charge in [-0.15, -0.1) is 0 Å². The predicted molar refractivity (Wildman–Crippen MR) is 84.3 cm³/mol. The number of hydrogen-bond donors (Lipinski definition) is 0. The summed E-state index contributed by atoms with van der Waals surface area (Å²) in [4.78, 5) is 13.9. The van der Waals surface area contributed by atoms with Crippen molar-refractivity contribution in [3.8, 4) is 12.1 Å². The number of nitriles is 2. The Kier molecular flexibility index (Phi) is 4.25. The van der Waals surface area contributed by atoms with Gasteiger partial charge >= 0.3 is 0 Å². The molecule has 0 aromatic heterocycles. The van der Waals surface area contributed by atoms with E-state index < -0.39 is 0 Å². The molecular weight excluding hydrogens is 274 g/mol. The van der Waals surface area contributed by atoms with Crippen LogP contribution in [0, 0.1) is 22.7 Å². The van der Waals surface area contributed by atoms with Gasteiger partial charge in [0, 0.05) is 17.0 Å². The topological polar surface area (TPSA) is 67.9 Å². The molecule has 1 aliphatic rings. The zero-order valence-electron chi connectivity index (χ0n) is 12.7. The number of ketones is 1. The van der Waals surface area contributed by atoms with Crippen molar-refractivity contribution >= 4 is 11.5 Å². The summed E-state index contributed by atoms with van der Waals surface area (Å²) in [6.45, 7) is 5.15. The minimum absolute atomic E-state index is 0.0687. The molecule has 2 rings (SSSR count). The number of carbonyl (C=O) groups excluding carboxylic acids is 1. The Bertz CT molecular complexity index is 783. The molecule has 0 aliphatic carbocycles. The third kappa shape index (κ3) is 2.55. The van der Waals surface area contributed by atoms with Gasteiger partial charge in [-0.2, -0.15) is 10.5 Å². The first-order chi connectivity index (χ1) is 10.5. The second-order valence-corrected chi connectivity index (χ2v) is 5.02. The van der Waals surface area contributed by atoms with Crippen LogP contribution in [0.15, 0.2) is 64.5 Å². The Labute approximate surface area is 129 Å². The second kappa shape index (κ2) is 6.11. The van der Waals surface area contributed by atoms with Gasteiger partial charge in [0.05, 0.1) is 5.70 Å². The highest BCUT2D eigenvalue weighted by Crippen LogP contribution is 2.36. The summed E-state index contributed by atoms with van der Waals surface area (Å²) in [6, 6.07) is 13.2. The van der Waals surface area contributed by atoms with E-state index >= 15 is 0 Å². The first kappa shape index (κ1) is 15.3. The molecule has 0 fully saturated rings. The number of para-hydroxylation sites is 1. The smallest absolute Gasteiger partial charge is 0.162 e. The number of carbonyl (C=O) groups is 1. The van der Waals surface area contributed by atoms with Crippen molar-refractivity contribution < 1.29 is 4.79 Å². The lowest BCUT2D eigenvalue weighted by Gasteiger charge is -2.33. The van der Waals surface area contributed by atoms with Crippen molar-refractivity contribution in [1.82, 2.24) is 0 Å². The summed E-state index contributed by atoms with van der Waals surface area (Å²) in [5.74, 6) is -0.166. The quantitative estimate of drug-likeness (QED) is 0.780. The van der Waals surface area contributed by atoms with Crippen LogP contribution in [0.3, 0.4) is 0 Å². The molecule has 22 heavy (non-hydrogen) atoms. The largest absolute Gasteiger partial charge is 0.312 e. The number of benzene rings is 1. The zero-order valence-corrected chi connectivity index (χ0v) is 12.7. The number of allylic oxidation sites excluding steroid dienone is 5. The van der Waals surface area contributed by atoms with E-state index in [1.54, 1.807) is 4.90 Å². The van der Waals surface area contributed by atoms with Crippen LogP contribution in [0.1, 0.15) is 20.8 Å². The van der Waals surface area contributed by atoms with Crippen molar-refractivity contribution in [3.63, 3.8) is 0 Å². The van der Waals surface area contributed by atoms with Crippen molar-refractivity contribution in [2.24, 2.45) is 0 Å². The third-order valence-corrected chi connectivity index (χ3v) is 3.46. The molecule has 0 bridgehead atoms. The van der Waals surface area contributed by atoms with Crippen molar-refractivity contribution in [2.45, 2.75) is 20.8 Å². The molecule has 0 saturated heterocycles. The fourth-order valence-electron chi connectivity index (χ4n) is 2.65. The van der Waals surface area contributed by atoms with Gasteiger partial charge in [-0.3, -0.25) is 4.79 Å². The highest BCUT2D eigenvalue weighted by atomic mass is 16.1. The molecule has 0 radical (unpaired) electrons. The maximum atomic E-state index is 12.1. The predicted octanol–water partition coefficient (Wildman–Crippen LogP) is 3.62. The summed E-state index contributed by atoms with van der Waals surface area (Å²) in [6.07, 6.45) is 1.89. The average molecular weight is 289 g/mol. The molecule has 1 aromatic carbocycles. The van der Waals surface area contributed by atoms with Crippen LogP contribution < -0.4 is 4.90 Å². The molecule has 0 N–H and O–H groups in total. The van der Waals surface area contributed by atoms with Crippen LogP contribution >= 0.6 is 0 Å². The van der Waals surface area contributed by atoms with Crippen molar-refractivity contribution in [1.29, 1.82) is 10.5 Å². The first-order valence-electron chi connectivity index (χ1n) is 6.81. The molecule has 0 spiro atoms. The molecule has 0 saturated carbocycles. The Morgan fingerprint density at radius 3 is 2.18 bits per heavy atom. The monoisotopic (exact) mass is 289 g/mol. The molecule has 4 nitrogen and oxygen atoms in total. The van der Waals surface area contributed by atoms with Crippen molar-refractivity contribution in [3.05, 3.63) is 64.5 Å². The lowest BCUT2D eigenvalue weighted by atomic mass is 9.93. The highest BCUT2D eigenvalue weighted by Gasteiger charge is 2.29. The average Bonchev–Trinajstić information content (AvgIpc) is 2.48. The lowest BCUT2D eigenvalue weighted by molar-refractivity contribution is -0.113. The number of nitrogens with zero attached hydrogens (tertiary/aromatic N) is 3. The van der Waals surface area contributed by atoms with E-state index in [0.29, 0.717) is 11.3 Å². The molecular formula is C18H15N3O. The number of rotatable bonds is 2. The van der Waals surface area contributed by atoms with Crippen LogP contribution in [-0.4, -0.2) is 5.78 Å². The van der Waals surface area contributed by atoms with Gasteiger partial charge in [-0.25, -0.2) is 0 Å². The van der Waals surface area contributed by atoms with E-state index in [4.69, 9.17) is 0 Å². The van der Waals surface area contributed by atoms with E-state index in [0.717, 1.165) is 17.0 Å². The molecule has 1 aromatic rings. The van der Waals surface area contributed by atoms with E-state index in [1.807, 2.05) is 62.4 Å². The van der Waals surface area contributed by atoms with Gasteiger partial charge in [0.2, 0.25) is 0 Å². The number of hydrogen-bond acceptors (Lipinski definition) is 4. The van der Waals surface area contributed by atoms with E-state index in [1.165, 1.54) is 6.92 Å². The highest BCUT2D eigenvalue weighted by molar-refractivity contribution is 6.02. The fraction of sp³-hybridized carbons (Fsp3) is 0.167. The third-order valence-electron chi connectivity index (χ3n) is 3.46. The lowest BCUT2D eigenvalue weighted by Crippen LogP contribution is -2.28. The summed E-state index contributed by atoms with van der Waals surface area (Å²) < 4.78 is 0. The van der Waals surface area contributed by atoms with E-state index in [9.17, 15) is 15.3 Å². The number of anilines is 1. The molecule has 0 amide bonds.